The fourth-order valence-corrected chi connectivity index (χ4v) is 5.37. The molecule has 0 radical (unpaired) electrons. The number of carbonyl (C=O) groups excluding carboxylic acids is 2. The fourth-order valence-electron chi connectivity index (χ4n) is 4.40. The lowest BCUT2D eigenvalue weighted by molar-refractivity contribution is -0.137. The van der Waals surface area contributed by atoms with Gasteiger partial charge in [-0.15, -0.1) is 11.3 Å². The predicted octanol–water partition coefficient (Wildman–Crippen LogP) is 5.13. The number of benzene rings is 1. The molecule has 1 aliphatic carbocycles. The summed E-state index contributed by atoms with van der Waals surface area (Å²) in [6.07, 6.45) is 7.44. The van der Waals surface area contributed by atoms with Crippen LogP contribution in [0, 0.1) is 18.7 Å². The first-order chi connectivity index (χ1) is 14.5. The molecule has 160 valence electrons. The van der Waals surface area contributed by atoms with Crippen LogP contribution < -0.4 is 5.32 Å². The van der Waals surface area contributed by atoms with E-state index in [0.717, 1.165) is 43.8 Å². The predicted molar refractivity (Wildman–Crippen MR) is 116 cm³/mol. The van der Waals surface area contributed by atoms with E-state index in [-0.39, 0.29) is 23.6 Å². The van der Waals surface area contributed by atoms with Crippen molar-refractivity contribution in [3.63, 3.8) is 0 Å². The van der Waals surface area contributed by atoms with E-state index in [9.17, 15) is 14.0 Å². The molecule has 1 aromatic carbocycles. The van der Waals surface area contributed by atoms with Crippen molar-refractivity contribution in [3.05, 3.63) is 45.7 Å². The molecule has 2 fully saturated rings. The molecule has 1 saturated carbocycles. The van der Waals surface area contributed by atoms with E-state index < -0.39 is 0 Å². The molecular weight excluding hydrogens is 401 g/mol. The van der Waals surface area contributed by atoms with Gasteiger partial charge in [-0.25, -0.2) is 9.37 Å². The van der Waals surface area contributed by atoms with E-state index in [0.29, 0.717) is 22.9 Å². The normalized spacial score (nSPS) is 18.4. The van der Waals surface area contributed by atoms with Crippen molar-refractivity contribution >= 4 is 28.8 Å². The minimum Gasteiger partial charge on any atom is -0.342 e. The Morgan fingerprint density at radius 3 is 2.57 bits per heavy atom. The number of nitrogens with one attached hydrogen (secondary N) is 1. The molecular formula is C23H28FN3O2S. The SMILES string of the molecule is Cc1ccc(NC(=O)c2csc(C3CCN(C(=O)C4CCCCC4)CC3)n2)cc1F. The molecule has 5 nitrogen and oxygen atoms in total. The number of nitrogens with zero attached hydrogens (tertiary/aromatic N) is 2. The van der Waals surface area contributed by atoms with Gasteiger partial charge >= 0.3 is 0 Å². The largest absolute Gasteiger partial charge is 0.342 e. The number of piperidine rings is 1. The zero-order chi connectivity index (χ0) is 21.1. The fraction of sp³-hybridized carbons (Fsp3) is 0.522. The maximum absolute atomic E-state index is 13.7. The van der Waals surface area contributed by atoms with Crippen LogP contribution in [0.15, 0.2) is 23.6 Å². The molecule has 2 heterocycles. The Morgan fingerprint density at radius 1 is 1.13 bits per heavy atom. The van der Waals surface area contributed by atoms with E-state index in [4.69, 9.17) is 0 Å². The van der Waals surface area contributed by atoms with E-state index >= 15 is 0 Å². The van der Waals surface area contributed by atoms with Gasteiger partial charge in [-0.2, -0.15) is 0 Å². The van der Waals surface area contributed by atoms with Crippen LogP contribution in [0.2, 0.25) is 0 Å². The molecule has 30 heavy (non-hydrogen) atoms. The van der Waals surface area contributed by atoms with Crippen LogP contribution in [0.5, 0.6) is 0 Å². The number of hydrogen-bond donors (Lipinski definition) is 1. The van der Waals surface area contributed by atoms with E-state index in [1.54, 1.807) is 24.4 Å². The molecule has 1 aliphatic heterocycles. The summed E-state index contributed by atoms with van der Waals surface area (Å²) >= 11 is 1.49. The van der Waals surface area contributed by atoms with Gasteiger partial charge in [-0.1, -0.05) is 25.3 Å². The number of aryl methyl sites for hydroxylation is 1. The Balaban J connectivity index is 1.32. The highest BCUT2D eigenvalue weighted by atomic mass is 32.1. The maximum atomic E-state index is 13.7. The molecule has 1 saturated heterocycles. The number of carbonyl (C=O) groups is 2. The van der Waals surface area contributed by atoms with Gasteiger partial charge in [-0.3, -0.25) is 9.59 Å². The van der Waals surface area contributed by atoms with Crippen molar-refractivity contribution < 1.29 is 14.0 Å². The third kappa shape index (κ3) is 4.72. The quantitative estimate of drug-likeness (QED) is 0.733. The van der Waals surface area contributed by atoms with Gasteiger partial charge in [0, 0.05) is 36.0 Å². The zero-order valence-corrected chi connectivity index (χ0v) is 18.1. The molecule has 2 amide bonds. The molecule has 7 heteroatoms. The highest BCUT2D eigenvalue weighted by molar-refractivity contribution is 7.10. The second-order valence-electron chi connectivity index (χ2n) is 8.42. The Hall–Kier alpha value is -2.28. The minimum absolute atomic E-state index is 0.220. The van der Waals surface area contributed by atoms with Crippen LogP contribution >= 0.6 is 11.3 Å². The Morgan fingerprint density at radius 2 is 1.87 bits per heavy atom. The van der Waals surface area contributed by atoms with Gasteiger partial charge in [0.15, 0.2) is 0 Å². The number of halogens is 1. The Labute approximate surface area is 180 Å². The van der Waals surface area contributed by atoms with E-state index in [2.05, 4.69) is 10.3 Å². The number of amides is 2. The maximum Gasteiger partial charge on any atom is 0.275 e. The van der Waals surface area contributed by atoms with Crippen molar-refractivity contribution in [1.29, 1.82) is 0 Å². The van der Waals surface area contributed by atoms with Crippen molar-refractivity contribution in [2.24, 2.45) is 5.92 Å². The molecule has 1 aromatic heterocycles. The molecule has 1 N–H and O–H groups in total. The molecule has 0 unspecified atom stereocenters. The summed E-state index contributed by atoms with van der Waals surface area (Å²) in [5.74, 6) is 0.158. The summed E-state index contributed by atoms with van der Waals surface area (Å²) < 4.78 is 13.7. The lowest BCUT2D eigenvalue weighted by atomic mass is 9.87. The topological polar surface area (TPSA) is 62.3 Å². The van der Waals surface area contributed by atoms with Crippen molar-refractivity contribution in [2.75, 3.05) is 18.4 Å². The van der Waals surface area contributed by atoms with Crippen LogP contribution in [-0.2, 0) is 4.79 Å². The van der Waals surface area contributed by atoms with Gasteiger partial charge in [0.25, 0.3) is 5.91 Å². The molecule has 2 aliphatic rings. The first kappa shape index (κ1) is 21.0. The highest BCUT2D eigenvalue weighted by Crippen LogP contribution is 2.32. The third-order valence-corrected chi connectivity index (χ3v) is 7.30. The molecule has 0 atom stereocenters. The number of thiazole rings is 1. The molecule has 2 aromatic rings. The van der Waals surface area contributed by atoms with Crippen LogP contribution in [0.3, 0.4) is 0 Å². The van der Waals surface area contributed by atoms with Crippen LogP contribution in [0.25, 0.3) is 0 Å². The number of likely N-dealkylation sites (tertiary alicyclic amines) is 1. The molecule has 0 bridgehead atoms. The van der Waals surface area contributed by atoms with E-state index in [1.165, 1.54) is 36.7 Å². The number of hydrogen-bond acceptors (Lipinski definition) is 4. The van der Waals surface area contributed by atoms with Gasteiger partial charge < -0.3 is 10.2 Å². The average molecular weight is 430 g/mol. The number of anilines is 1. The molecule has 0 spiro atoms. The van der Waals surface area contributed by atoms with Crippen LogP contribution in [0.4, 0.5) is 10.1 Å². The summed E-state index contributed by atoms with van der Waals surface area (Å²) in [6.45, 7) is 3.22. The number of aromatic nitrogens is 1. The van der Waals surface area contributed by atoms with E-state index in [1.807, 2.05) is 4.90 Å². The monoisotopic (exact) mass is 429 g/mol. The highest BCUT2D eigenvalue weighted by Gasteiger charge is 2.30. The standard InChI is InChI=1S/C23H28FN3O2S/c1-15-7-8-18(13-19(15)24)25-21(28)20-14-30-22(26-20)16-9-11-27(12-10-16)23(29)17-5-3-2-4-6-17/h7-8,13-14,16-17H,2-6,9-12H2,1H3,(H,25,28). The number of rotatable bonds is 4. The lowest BCUT2D eigenvalue weighted by Crippen LogP contribution is -2.41. The van der Waals surface area contributed by atoms with Crippen LogP contribution in [0.1, 0.15) is 71.9 Å². The summed E-state index contributed by atoms with van der Waals surface area (Å²) in [4.78, 5) is 31.8. The van der Waals surface area contributed by atoms with Crippen LogP contribution in [-0.4, -0.2) is 34.8 Å². The summed E-state index contributed by atoms with van der Waals surface area (Å²) in [5, 5.41) is 5.42. The van der Waals surface area contributed by atoms with Crippen molar-refractivity contribution in [2.45, 2.75) is 57.8 Å². The van der Waals surface area contributed by atoms with Gasteiger partial charge in [0.05, 0.1) is 5.01 Å². The first-order valence-electron chi connectivity index (χ1n) is 10.8. The zero-order valence-electron chi connectivity index (χ0n) is 17.3. The summed E-state index contributed by atoms with van der Waals surface area (Å²) in [7, 11) is 0. The van der Waals surface area contributed by atoms with Crippen molar-refractivity contribution in [3.8, 4) is 0 Å². The Bertz CT molecular complexity index is 915. The third-order valence-electron chi connectivity index (χ3n) is 6.29. The Kier molecular flexibility index (Phi) is 6.46. The minimum atomic E-state index is -0.346. The van der Waals surface area contributed by atoms with Crippen molar-refractivity contribution in [1.82, 2.24) is 9.88 Å². The second kappa shape index (κ2) is 9.25. The molecule has 4 rings (SSSR count). The van der Waals surface area contributed by atoms with Gasteiger partial charge in [-0.05, 0) is 50.3 Å². The smallest absolute Gasteiger partial charge is 0.275 e. The first-order valence-corrected chi connectivity index (χ1v) is 11.7. The van der Waals surface area contributed by atoms with Gasteiger partial charge in [0.2, 0.25) is 5.91 Å². The summed E-state index contributed by atoms with van der Waals surface area (Å²) in [6, 6.07) is 4.64. The lowest BCUT2D eigenvalue weighted by Gasteiger charge is -2.34. The second-order valence-corrected chi connectivity index (χ2v) is 9.31. The van der Waals surface area contributed by atoms with Gasteiger partial charge in [0.1, 0.15) is 11.5 Å². The summed E-state index contributed by atoms with van der Waals surface area (Å²) in [5.41, 5.74) is 1.32. The average Bonchev–Trinajstić information content (AvgIpc) is 3.27.